The summed E-state index contributed by atoms with van der Waals surface area (Å²) in [6.45, 7) is 1.86. The first kappa shape index (κ1) is 11.9. The maximum Gasteiger partial charge on any atom is 0.270 e. The van der Waals surface area contributed by atoms with Gasteiger partial charge < -0.3 is 10.4 Å². The number of carbonyl (C=O) groups is 1. The smallest absolute Gasteiger partial charge is 0.270 e. The molecule has 1 heterocycles. The summed E-state index contributed by atoms with van der Waals surface area (Å²) in [6.07, 6.45) is 0.520. The van der Waals surface area contributed by atoms with Gasteiger partial charge in [0.2, 0.25) is 0 Å². The molecule has 82 valence electrons. The van der Waals surface area contributed by atoms with Gasteiger partial charge in [-0.3, -0.25) is 4.79 Å². The van der Waals surface area contributed by atoms with Crippen LogP contribution in [0.15, 0.2) is 18.2 Å². The van der Waals surface area contributed by atoms with Gasteiger partial charge in [-0.15, -0.1) is 0 Å². The van der Waals surface area contributed by atoms with Crippen LogP contribution in [0.4, 0.5) is 0 Å². The summed E-state index contributed by atoms with van der Waals surface area (Å²) in [7, 11) is 0. The van der Waals surface area contributed by atoms with Crippen LogP contribution >= 0.6 is 11.6 Å². The Balaban J connectivity index is 2.61. The molecule has 0 radical (unpaired) electrons. The van der Waals surface area contributed by atoms with E-state index in [1.807, 2.05) is 6.92 Å². The van der Waals surface area contributed by atoms with Crippen molar-refractivity contribution in [2.45, 2.75) is 19.4 Å². The molecule has 15 heavy (non-hydrogen) atoms. The van der Waals surface area contributed by atoms with Crippen LogP contribution < -0.4 is 5.32 Å². The Morgan fingerprint density at radius 2 is 2.40 bits per heavy atom. The number of aliphatic hydroxyl groups excluding tert-OH is 1. The number of rotatable bonds is 4. The molecule has 1 amide bonds. The van der Waals surface area contributed by atoms with Crippen LogP contribution in [-0.4, -0.2) is 28.6 Å². The van der Waals surface area contributed by atoms with Crippen molar-refractivity contribution >= 4 is 17.5 Å². The lowest BCUT2D eigenvalue weighted by atomic mass is 10.2. The Morgan fingerprint density at radius 1 is 1.67 bits per heavy atom. The average molecular weight is 229 g/mol. The minimum absolute atomic E-state index is 0.0461. The molecule has 2 N–H and O–H groups in total. The first-order valence-corrected chi connectivity index (χ1v) is 5.05. The summed E-state index contributed by atoms with van der Waals surface area (Å²) in [6, 6.07) is 4.78. The highest BCUT2D eigenvalue weighted by Crippen LogP contribution is 2.05. The maximum absolute atomic E-state index is 11.6. The van der Waals surface area contributed by atoms with Gasteiger partial charge in [0.1, 0.15) is 10.8 Å². The molecule has 4 nitrogen and oxygen atoms in total. The number of amides is 1. The van der Waals surface area contributed by atoms with Crippen LogP contribution in [0.5, 0.6) is 0 Å². The number of carbonyl (C=O) groups excluding carboxylic acids is 1. The number of pyridine rings is 1. The summed E-state index contributed by atoms with van der Waals surface area (Å²) >= 11 is 5.66. The van der Waals surface area contributed by atoms with Crippen molar-refractivity contribution in [2.75, 3.05) is 6.61 Å². The Morgan fingerprint density at radius 3 is 3.00 bits per heavy atom. The Bertz CT molecular complexity index is 344. The lowest BCUT2D eigenvalue weighted by molar-refractivity contribution is 0.0929. The standard InChI is InChI=1S/C10H13ClN2O2/c1-7(5-6-14)12-10(15)8-3-2-4-9(11)13-8/h2-4,7,14H,5-6H2,1H3,(H,12,15)/t7-/m1/s1. The molecule has 0 saturated carbocycles. The third-order valence-corrected chi connectivity index (χ3v) is 2.10. The van der Waals surface area contributed by atoms with E-state index in [2.05, 4.69) is 10.3 Å². The van der Waals surface area contributed by atoms with Crippen molar-refractivity contribution in [3.8, 4) is 0 Å². The van der Waals surface area contributed by atoms with E-state index < -0.39 is 0 Å². The van der Waals surface area contributed by atoms with Gasteiger partial charge in [-0.2, -0.15) is 0 Å². The van der Waals surface area contributed by atoms with Crippen molar-refractivity contribution < 1.29 is 9.90 Å². The molecule has 0 spiro atoms. The Kier molecular flexibility index (Phi) is 4.52. The van der Waals surface area contributed by atoms with E-state index in [1.165, 1.54) is 0 Å². The fourth-order valence-electron chi connectivity index (χ4n) is 1.10. The zero-order valence-corrected chi connectivity index (χ0v) is 9.16. The number of aromatic nitrogens is 1. The van der Waals surface area contributed by atoms with Crippen molar-refractivity contribution in [3.63, 3.8) is 0 Å². The number of halogens is 1. The summed E-state index contributed by atoms with van der Waals surface area (Å²) in [5, 5.41) is 11.7. The second kappa shape index (κ2) is 5.68. The van der Waals surface area contributed by atoms with E-state index in [0.29, 0.717) is 6.42 Å². The monoisotopic (exact) mass is 228 g/mol. The van der Waals surface area contributed by atoms with Crippen molar-refractivity contribution in [1.29, 1.82) is 0 Å². The molecule has 1 aromatic heterocycles. The second-order valence-electron chi connectivity index (χ2n) is 3.23. The third kappa shape index (κ3) is 3.85. The first-order valence-electron chi connectivity index (χ1n) is 4.67. The molecule has 0 bridgehead atoms. The number of aliphatic hydroxyl groups is 1. The molecule has 0 aliphatic heterocycles. The molecule has 0 saturated heterocycles. The van der Waals surface area contributed by atoms with Gasteiger partial charge in [0.05, 0.1) is 0 Å². The van der Waals surface area contributed by atoms with Crippen molar-refractivity contribution in [3.05, 3.63) is 29.0 Å². The normalized spacial score (nSPS) is 12.2. The molecule has 1 rings (SSSR count). The SMILES string of the molecule is C[C@H](CCO)NC(=O)c1cccc(Cl)n1. The van der Waals surface area contributed by atoms with E-state index in [4.69, 9.17) is 16.7 Å². The van der Waals surface area contributed by atoms with Crippen LogP contribution in [0.1, 0.15) is 23.8 Å². The molecule has 0 aliphatic rings. The van der Waals surface area contributed by atoms with Gasteiger partial charge in [0.25, 0.3) is 5.91 Å². The highest BCUT2D eigenvalue weighted by Gasteiger charge is 2.10. The van der Waals surface area contributed by atoms with Gasteiger partial charge in [0, 0.05) is 12.6 Å². The third-order valence-electron chi connectivity index (χ3n) is 1.89. The zero-order chi connectivity index (χ0) is 11.3. The van der Waals surface area contributed by atoms with Crippen LogP contribution in [0, 0.1) is 0 Å². The van der Waals surface area contributed by atoms with Gasteiger partial charge in [-0.1, -0.05) is 17.7 Å². The predicted octanol–water partition coefficient (Wildman–Crippen LogP) is 1.24. The van der Waals surface area contributed by atoms with Crippen LogP contribution in [0.2, 0.25) is 5.15 Å². The number of hydrogen-bond acceptors (Lipinski definition) is 3. The number of hydrogen-bond donors (Lipinski definition) is 2. The fourth-order valence-corrected chi connectivity index (χ4v) is 1.26. The number of nitrogens with zero attached hydrogens (tertiary/aromatic N) is 1. The Labute approximate surface area is 93.3 Å². The largest absolute Gasteiger partial charge is 0.396 e. The highest BCUT2D eigenvalue weighted by molar-refractivity contribution is 6.29. The van der Waals surface area contributed by atoms with Crippen LogP contribution in [-0.2, 0) is 0 Å². The molecule has 1 atom stereocenters. The van der Waals surface area contributed by atoms with Gasteiger partial charge >= 0.3 is 0 Å². The topological polar surface area (TPSA) is 62.2 Å². The molecule has 1 aromatic rings. The second-order valence-corrected chi connectivity index (χ2v) is 3.62. The molecule has 5 heteroatoms. The maximum atomic E-state index is 11.6. The number of nitrogens with one attached hydrogen (secondary N) is 1. The van der Waals surface area contributed by atoms with Crippen LogP contribution in [0.25, 0.3) is 0 Å². The lowest BCUT2D eigenvalue weighted by Gasteiger charge is -2.11. The van der Waals surface area contributed by atoms with E-state index in [9.17, 15) is 4.79 Å². The first-order chi connectivity index (χ1) is 7.13. The lowest BCUT2D eigenvalue weighted by Crippen LogP contribution is -2.33. The van der Waals surface area contributed by atoms with Gasteiger partial charge in [-0.05, 0) is 25.5 Å². The molecular formula is C10H13ClN2O2. The molecule has 0 unspecified atom stereocenters. The summed E-state index contributed by atoms with van der Waals surface area (Å²) in [5.41, 5.74) is 0.285. The minimum Gasteiger partial charge on any atom is -0.396 e. The van der Waals surface area contributed by atoms with Gasteiger partial charge in [-0.25, -0.2) is 4.98 Å². The summed E-state index contributed by atoms with van der Waals surface area (Å²) in [5.74, 6) is -0.279. The van der Waals surface area contributed by atoms with E-state index in [-0.39, 0.29) is 29.4 Å². The quantitative estimate of drug-likeness (QED) is 0.763. The average Bonchev–Trinajstić information content (AvgIpc) is 2.18. The highest BCUT2D eigenvalue weighted by atomic mass is 35.5. The van der Waals surface area contributed by atoms with E-state index in [1.54, 1.807) is 18.2 Å². The van der Waals surface area contributed by atoms with E-state index >= 15 is 0 Å². The fraction of sp³-hybridized carbons (Fsp3) is 0.400. The molecule has 0 aromatic carbocycles. The predicted molar refractivity (Wildman–Crippen MR) is 57.9 cm³/mol. The zero-order valence-electron chi connectivity index (χ0n) is 8.40. The van der Waals surface area contributed by atoms with Crippen LogP contribution in [0.3, 0.4) is 0 Å². The summed E-state index contributed by atoms with van der Waals surface area (Å²) in [4.78, 5) is 15.4. The van der Waals surface area contributed by atoms with Crippen molar-refractivity contribution in [1.82, 2.24) is 10.3 Å². The van der Waals surface area contributed by atoms with Crippen molar-refractivity contribution in [2.24, 2.45) is 0 Å². The Hall–Kier alpha value is -1.13. The molecule has 0 fully saturated rings. The summed E-state index contributed by atoms with van der Waals surface area (Å²) < 4.78 is 0. The van der Waals surface area contributed by atoms with E-state index in [0.717, 1.165) is 0 Å². The van der Waals surface area contributed by atoms with Gasteiger partial charge in [0.15, 0.2) is 0 Å². The molecule has 0 aliphatic carbocycles. The minimum atomic E-state index is -0.279. The molecular weight excluding hydrogens is 216 g/mol.